The van der Waals surface area contributed by atoms with Crippen molar-refractivity contribution in [2.24, 2.45) is 0 Å². The Labute approximate surface area is 149 Å². The summed E-state index contributed by atoms with van der Waals surface area (Å²) in [5.74, 6) is 0.498. The highest BCUT2D eigenvalue weighted by Crippen LogP contribution is 2.41. The lowest BCUT2D eigenvalue weighted by Crippen LogP contribution is -2.17. The minimum Gasteiger partial charge on any atom is -0.325 e. The topological polar surface area (TPSA) is 29.0 Å². The average molecular weight is 383 g/mol. The maximum absolute atomic E-state index is 13.3. The number of anilines is 2. The van der Waals surface area contributed by atoms with Crippen molar-refractivity contribution in [3.05, 3.63) is 59.4 Å². The van der Waals surface area contributed by atoms with Gasteiger partial charge in [0, 0.05) is 18.1 Å². The van der Waals surface area contributed by atoms with Crippen LogP contribution in [-0.2, 0) is 18.8 Å². The first kappa shape index (κ1) is 17.6. The van der Waals surface area contributed by atoms with Crippen LogP contribution in [-0.4, -0.2) is 16.5 Å². The predicted molar refractivity (Wildman–Crippen MR) is 86.7 cm³/mol. The Hall–Kier alpha value is -2.84. The zero-order chi connectivity index (χ0) is 19.4. The van der Waals surface area contributed by atoms with E-state index in [1.165, 1.54) is 6.20 Å². The van der Waals surface area contributed by atoms with Crippen LogP contribution < -0.4 is 4.90 Å². The summed E-state index contributed by atoms with van der Waals surface area (Å²) in [6.45, 7) is 0.379. The van der Waals surface area contributed by atoms with E-state index in [9.17, 15) is 26.3 Å². The first-order valence-corrected chi connectivity index (χ1v) is 7.95. The number of pyridine rings is 2. The molecule has 3 aromatic rings. The van der Waals surface area contributed by atoms with Gasteiger partial charge in [-0.3, -0.25) is 0 Å². The van der Waals surface area contributed by atoms with Gasteiger partial charge in [-0.1, -0.05) is 12.1 Å². The molecule has 1 aliphatic rings. The first-order chi connectivity index (χ1) is 12.6. The van der Waals surface area contributed by atoms with E-state index in [1.54, 1.807) is 11.0 Å². The lowest BCUT2D eigenvalue weighted by Gasteiger charge is -2.22. The number of fused-ring (bicyclic) bond motifs is 2. The summed E-state index contributed by atoms with van der Waals surface area (Å²) in [6.07, 6.45) is -7.36. The van der Waals surface area contributed by atoms with E-state index >= 15 is 0 Å². The van der Waals surface area contributed by atoms with Crippen molar-refractivity contribution in [2.45, 2.75) is 18.8 Å². The van der Waals surface area contributed by atoms with Crippen LogP contribution in [0.25, 0.3) is 10.9 Å². The fourth-order valence-electron chi connectivity index (χ4n) is 3.20. The summed E-state index contributed by atoms with van der Waals surface area (Å²) in [4.78, 5) is 9.24. The Bertz CT molecular complexity index is 1020. The molecular formula is C18H11F6N3. The van der Waals surface area contributed by atoms with E-state index in [2.05, 4.69) is 9.97 Å². The molecule has 0 N–H and O–H groups in total. The quantitative estimate of drug-likeness (QED) is 0.530. The molecule has 0 spiro atoms. The van der Waals surface area contributed by atoms with Crippen molar-refractivity contribution >= 4 is 22.4 Å². The fourth-order valence-corrected chi connectivity index (χ4v) is 3.20. The van der Waals surface area contributed by atoms with Crippen LogP contribution in [0.2, 0.25) is 0 Å². The summed E-state index contributed by atoms with van der Waals surface area (Å²) in [5.41, 5.74) is -1.65. The molecule has 0 radical (unpaired) electrons. The van der Waals surface area contributed by atoms with Crippen LogP contribution in [0.3, 0.4) is 0 Å². The second kappa shape index (κ2) is 5.83. The lowest BCUT2D eigenvalue weighted by molar-refractivity contribution is -0.140. The van der Waals surface area contributed by atoms with E-state index in [-0.39, 0.29) is 16.6 Å². The van der Waals surface area contributed by atoms with Crippen LogP contribution in [0.5, 0.6) is 0 Å². The van der Waals surface area contributed by atoms with Crippen molar-refractivity contribution < 1.29 is 26.3 Å². The van der Waals surface area contributed by atoms with E-state index in [4.69, 9.17) is 0 Å². The van der Waals surface area contributed by atoms with Crippen molar-refractivity contribution in [2.75, 3.05) is 11.4 Å². The Balaban J connectivity index is 1.97. The molecule has 0 aliphatic carbocycles. The average Bonchev–Trinajstić information content (AvgIpc) is 3.02. The molecule has 0 saturated carbocycles. The van der Waals surface area contributed by atoms with Gasteiger partial charge in [-0.25, -0.2) is 9.97 Å². The summed E-state index contributed by atoms with van der Waals surface area (Å²) < 4.78 is 78.8. The fraction of sp³-hybridized carbons (Fsp3) is 0.222. The molecule has 0 saturated heterocycles. The highest BCUT2D eigenvalue weighted by atomic mass is 19.4. The van der Waals surface area contributed by atoms with Gasteiger partial charge in [-0.05, 0) is 36.2 Å². The molecule has 27 heavy (non-hydrogen) atoms. The van der Waals surface area contributed by atoms with Crippen LogP contribution in [0.4, 0.5) is 37.8 Å². The van der Waals surface area contributed by atoms with Gasteiger partial charge in [0.1, 0.15) is 11.5 Å². The molecule has 2 aromatic heterocycles. The van der Waals surface area contributed by atoms with Crippen molar-refractivity contribution in [1.29, 1.82) is 0 Å². The van der Waals surface area contributed by atoms with E-state index in [0.29, 0.717) is 24.8 Å². The minimum absolute atomic E-state index is 0.137. The van der Waals surface area contributed by atoms with Crippen molar-refractivity contribution in [3.8, 4) is 0 Å². The summed E-state index contributed by atoms with van der Waals surface area (Å²) in [7, 11) is 0. The number of benzene rings is 1. The third kappa shape index (κ3) is 3.07. The molecule has 0 unspecified atom stereocenters. The van der Waals surface area contributed by atoms with Gasteiger partial charge < -0.3 is 4.90 Å². The van der Waals surface area contributed by atoms with Gasteiger partial charge in [-0.15, -0.1) is 0 Å². The Morgan fingerprint density at radius 2 is 1.70 bits per heavy atom. The van der Waals surface area contributed by atoms with E-state index < -0.39 is 23.6 Å². The van der Waals surface area contributed by atoms with E-state index in [0.717, 1.165) is 23.8 Å². The monoisotopic (exact) mass is 383 g/mol. The number of nitrogens with zero attached hydrogens (tertiary/aromatic N) is 3. The highest BCUT2D eigenvalue weighted by Gasteiger charge is 2.36. The zero-order valence-corrected chi connectivity index (χ0v) is 13.6. The summed E-state index contributed by atoms with van der Waals surface area (Å²) in [6, 6.07) is 7.04. The van der Waals surface area contributed by atoms with Crippen LogP contribution in [0.15, 0.2) is 42.6 Å². The van der Waals surface area contributed by atoms with Gasteiger partial charge in [0.05, 0.1) is 16.8 Å². The Morgan fingerprint density at radius 1 is 0.926 bits per heavy atom. The number of alkyl halides is 6. The number of halogens is 6. The summed E-state index contributed by atoms with van der Waals surface area (Å²) >= 11 is 0. The maximum atomic E-state index is 13.3. The van der Waals surface area contributed by atoms with Crippen molar-refractivity contribution in [1.82, 2.24) is 9.97 Å². The van der Waals surface area contributed by atoms with Gasteiger partial charge in [-0.2, -0.15) is 26.3 Å². The number of rotatable bonds is 1. The van der Waals surface area contributed by atoms with Gasteiger partial charge in [0.2, 0.25) is 0 Å². The van der Waals surface area contributed by atoms with Crippen LogP contribution in [0.1, 0.15) is 16.8 Å². The zero-order valence-electron chi connectivity index (χ0n) is 13.6. The largest absolute Gasteiger partial charge is 0.433 e. The molecule has 0 bridgehead atoms. The second-order valence-corrected chi connectivity index (χ2v) is 6.14. The highest BCUT2D eigenvalue weighted by molar-refractivity contribution is 5.95. The predicted octanol–water partition coefficient (Wildman–Crippen LogP) is 5.36. The molecular weight excluding hydrogens is 372 g/mol. The SMILES string of the molecule is FC(F)(F)c1ccc2c(N3CCc4cccnc43)cc(C(F)(F)F)nc2c1. The molecule has 3 nitrogen and oxygen atoms in total. The third-order valence-electron chi connectivity index (χ3n) is 4.42. The molecule has 3 heterocycles. The summed E-state index contributed by atoms with van der Waals surface area (Å²) in [5, 5.41) is 0.203. The minimum atomic E-state index is -4.79. The lowest BCUT2D eigenvalue weighted by atomic mass is 10.1. The normalized spacial score (nSPS) is 14.7. The van der Waals surface area contributed by atoms with Gasteiger partial charge in [0.15, 0.2) is 0 Å². The smallest absolute Gasteiger partial charge is 0.325 e. The molecule has 0 fully saturated rings. The van der Waals surface area contributed by atoms with E-state index in [1.807, 2.05) is 6.07 Å². The maximum Gasteiger partial charge on any atom is 0.433 e. The molecule has 1 aliphatic heterocycles. The van der Waals surface area contributed by atoms with Gasteiger partial charge >= 0.3 is 12.4 Å². The number of aromatic nitrogens is 2. The Morgan fingerprint density at radius 3 is 2.41 bits per heavy atom. The first-order valence-electron chi connectivity index (χ1n) is 7.95. The molecule has 1 aromatic carbocycles. The van der Waals surface area contributed by atoms with Crippen molar-refractivity contribution in [3.63, 3.8) is 0 Å². The van der Waals surface area contributed by atoms with Crippen LogP contribution >= 0.6 is 0 Å². The Kier molecular flexibility index (Phi) is 3.79. The second-order valence-electron chi connectivity index (χ2n) is 6.14. The molecule has 0 atom stereocenters. The molecule has 9 heteroatoms. The molecule has 0 amide bonds. The number of hydrogen-bond acceptors (Lipinski definition) is 3. The standard InChI is InChI=1S/C18H11F6N3/c19-17(20,21)11-3-4-12-13(8-11)26-15(18(22,23)24)9-14(12)27-7-5-10-2-1-6-25-16(10)27/h1-4,6,8-9H,5,7H2. The van der Waals surface area contributed by atoms with Gasteiger partial charge in [0.25, 0.3) is 0 Å². The molecule has 4 rings (SSSR count). The molecule has 140 valence electrons. The third-order valence-corrected chi connectivity index (χ3v) is 4.42. The van der Waals surface area contributed by atoms with Crippen LogP contribution in [0, 0.1) is 0 Å². The number of hydrogen-bond donors (Lipinski definition) is 0.